The molecular weight excluding hydrogens is 379 g/mol. The number of hydrogen-bond acceptors (Lipinski definition) is 0. The molecule has 0 N–H and O–H groups in total. The number of hydrogen-bond donors (Lipinski definition) is 0. The molecule has 128 valence electrons. The number of benzene rings is 2. The van der Waals surface area contributed by atoms with E-state index in [1.54, 1.807) is 6.08 Å². The van der Waals surface area contributed by atoms with Gasteiger partial charge in [0.15, 0.2) is 0 Å². The van der Waals surface area contributed by atoms with Crippen LogP contribution in [0.5, 0.6) is 0 Å². The number of allylic oxidation sites excluding steroid dienone is 5. The predicted molar refractivity (Wildman–Crippen MR) is 112 cm³/mol. The summed E-state index contributed by atoms with van der Waals surface area (Å²) in [5.74, 6) is 0. The van der Waals surface area contributed by atoms with Gasteiger partial charge in [0.05, 0.1) is 0 Å². The molecule has 0 fully saturated rings. The molecule has 25 heavy (non-hydrogen) atoms. The predicted octanol–water partition coefficient (Wildman–Crippen LogP) is 7.50. The van der Waals surface area contributed by atoms with E-state index in [-0.39, 0.29) is 41.1 Å². The monoisotopic (exact) mass is 406 g/mol. The van der Waals surface area contributed by atoms with E-state index >= 15 is 0 Å². The summed E-state index contributed by atoms with van der Waals surface area (Å²) in [6, 6.07) is 19.3. The van der Waals surface area contributed by atoms with Crippen LogP contribution in [0.1, 0.15) is 20.3 Å². The summed E-state index contributed by atoms with van der Waals surface area (Å²) in [4.78, 5) is 0. The maximum atomic E-state index is 3.49. The summed E-state index contributed by atoms with van der Waals surface area (Å²) >= 11 is 0. The molecule has 1 aliphatic rings. The van der Waals surface area contributed by atoms with Crippen molar-refractivity contribution in [1.82, 2.24) is 0 Å². The summed E-state index contributed by atoms with van der Waals surface area (Å²) in [5, 5.41) is 5.39. The van der Waals surface area contributed by atoms with Gasteiger partial charge in [-0.1, -0.05) is 43.8 Å². The van der Waals surface area contributed by atoms with Gasteiger partial charge >= 0.3 is 26.2 Å². The molecule has 0 saturated heterocycles. The van der Waals surface area contributed by atoms with Crippen LogP contribution in [-0.2, 0) is 26.2 Å². The van der Waals surface area contributed by atoms with Crippen molar-refractivity contribution in [3.63, 3.8) is 0 Å². The van der Waals surface area contributed by atoms with Gasteiger partial charge in [0.25, 0.3) is 0 Å². The molecular formula is C24H28Zr. The smallest absolute Gasteiger partial charge is 0.358 e. The Morgan fingerprint density at radius 2 is 1.52 bits per heavy atom. The van der Waals surface area contributed by atoms with Crippen molar-refractivity contribution < 1.29 is 26.2 Å². The first-order valence-corrected chi connectivity index (χ1v) is 7.52. The molecule has 3 aromatic rings. The molecule has 0 aromatic heterocycles. The minimum Gasteiger partial charge on any atom is -0.358 e. The fourth-order valence-corrected chi connectivity index (χ4v) is 2.24. The summed E-state index contributed by atoms with van der Waals surface area (Å²) in [7, 11) is 0. The summed E-state index contributed by atoms with van der Waals surface area (Å²) in [5.41, 5.74) is 0. The van der Waals surface area contributed by atoms with E-state index in [9.17, 15) is 0 Å². The van der Waals surface area contributed by atoms with Crippen molar-refractivity contribution in [3.8, 4) is 0 Å². The Labute approximate surface area is 173 Å². The molecule has 4 rings (SSSR count). The maximum Gasteiger partial charge on any atom is 4.00 e. The summed E-state index contributed by atoms with van der Waals surface area (Å²) in [6.07, 6.45) is 12.6. The van der Waals surface area contributed by atoms with Gasteiger partial charge in [-0.25, -0.2) is 12.2 Å². The minimum absolute atomic E-state index is 0. The van der Waals surface area contributed by atoms with Crippen LogP contribution in [0.15, 0.2) is 85.5 Å². The van der Waals surface area contributed by atoms with Gasteiger partial charge in [0.1, 0.15) is 0 Å². The van der Waals surface area contributed by atoms with E-state index in [0.717, 1.165) is 12.8 Å². The molecule has 0 atom stereocenters. The molecule has 1 aliphatic carbocycles. The van der Waals surface area contributed by atoms with Crippen LogP contribution in [-0.4, -0.2) is 0 Å². The molecule has 0 spiro atoms. The molecule has 0 saturated carbocycles. The number of fused-ring (bicyclic) bond motifs is 3. The third-order valence-electron chi connectivity index (χ3n) is 3.31. The van der Waals surface area contributed by atoms with Crippen LogP contribution in [0.3, 0.4) is 0 Å². The number of rotatable bonds is 1. The molecule has 0 bridgehead atoms. The van der Waals surface area contributed by atoms with Gasteiger partial charge in [-0.15, -0.1) is 58.8 Å². The van der Waals surface area contributed by atoms with Gasteiger partial charge in [0.2, 0.25) is 0 Å². The Bertz CT molecular complexity index is 715. The molecule has 1 heteroatoms. The first kappa shape index (κ1) is 25.7. The second-order valence-corrected chi connectivity index (χ2v) is 4.90. The SMILES string of the molecule is C.C=CC[CH2-].[C-]1=CC=CC1.[CH3-].[Zr+4].c1ccc2c(c1)[cH-]c1ccccc12. The Morgan fingerprint density at radius 3 is 1.84 bits per heavy atom. The van der Waals surface area contributed by atoms with Crippen molar-refractivity contribution in [2.45, 2.75) is 20.3 Å². The minimum atomic E-state index is 0. The van der Waals surface area contributed by atoms with Crippen molar-refractivity contribution >= 4 is 21.5 Å². The average Bonchev–Trinajstić information content (AvgIpc) is 3.26. The van der Waals surface area contributed by atoms with Gasteiger partial charge in [0, 0.05) is 0 Å². The third-order valence-corrected chi connectivity index (χ3v) is 3.31. The van der Waals surface area contributed by atoms with E-state index < -0.39 is 0 Å². The Hall–Kier alpha value is -1.59. The van der Waals surface area contributed by atoms with Crippen molar-refractivity contribution in [2.75, 3.05) is 0 Å². The zero-order valence-electron chi connectivity index (χ0n) is 14.3. The van der Waals surface area contributed by atoms with Crippen LogP contribution in [0.4, 0.5) is 0 Å². The van der Waals surface area contributed by atoms with Gasteiger partial charge in [-0.2, -0.15) is 12.5 Å². The Balaban J connectivity index is 0. The summed E-state index contributed by atoms with van der Waals surface area (Å²) < 4.78 is 0. The molecule has 0 aliphatic heterocycles. The van der Waals surface area contributed by atoms with Crippen molar-refractivity contribution in [1.29, 1.82) is 0 Å². The zero-order valence-corrected chi connectivity index (χ0v) is 16.8. The van der Waals surface area contributed by atoms with Crippen LogP contribution >= 0.6 is 0 Å². The largest absolute Gasteiger partial charge is 4.00 e. The second kappa shape index (κ2) is 14.7. The van der Waals surface area contributed by atoms with Crippen LogP contribution in [0.25, 0.3) is 21.5 Å². The van der Waals surface area contributed by atoms with E-state index in [1.807, 2.05) is 12.2 Å². The fraction of sp³-hybridized carbons (Fsp3) is 0.125. The summed E-state index contributed by atoms with van der Waals surface area (Å²) in [6.45, 7) is 6.90. The molecule has 0 amide bonds. The molecule has 0 nitrogen and oxygen atoms in total. The first-order chi connectivity index (χ1) is 10.9. The quantitative estimate of drug-likeness (QED) is 0.289. The third kappa shape index (κ3) is 7.89. The molecule has 0 heterocycles. The van der Waals surface area contributed by atoms with Crippen LogP contribution in [0, 0.1) is 20.4 Å². The molecule has 0 radical (unpaired) electrons. The van der Waals surface area contributed by atoms with Crippen LogP contribution < -0.4 is 0 Å². The van der Waals surface area contributed by atoms with Crippen molar-refractivity contribution in [2.24, 2.45) is 0 Å². The van der Waals surface area contributed by atoms with Gasteiger partial charge in [-0.3, -0.25) is 6.08 Å². The maximum absolute atomic E-state index is 3.49. The van der Waals surface area contributed by atoms with E-state index in [1.165, 1.54) is 21.5 Å². The average molecular weight is 408 g/mol. The Morgan fingerprint density at radius 1 is 1.04 bits per heavy atom. The fourth-order valence-electron chi connectivity index (χ4n) is 2.24. The normalized spacial score (nSPS) is 10.3. The van der Waals surface area contributed by atoms with Crippen molar-refractivity contribution in [3.05, 3.63) is 106 Å². The topological polar surface area (TPSA) is 0 Å². The second-order valence-electron chi connectivity index (χ2n) is 4.90. The van der Waals surface area contributed by atoms with E-state index in [4.69, 9.17) is 0 Å². The van der Waals surface area contributed by atoms with Gasteiger partial charge < -0.3 is 14.4 Å². The Kier molecular flexibility index (Phi) is 15.1. The standard InChI is InChI=1S/C13H9.C5H5.C4H7.CH4.CH3.Zr/c1-3-7-12-10(5-1)9-11-6-2-4-8-13(11)12;1-2-4-5-3-1;1-3-4-2;;;/h1-9H;1-3H,4H2;3H,1-2,4H2;1H4;1H3;/q3*-1;;-1;+4. The molecule has 3 aromatic carbocycles. The van der Waals surface area contributed by atoms with Gasteiger partial charge in [-0.05, 0) is 0 Å². The van der Waals surface area contributed by atoms with E-state index in [0.29, 0.717) is 0 Å². The zero-order chi connectivity index (χ0) is 15.6. The van der Waals surface area contributed by atoms with E-state index in [2.05, 4.69) is 80.3 Å². The molecule has 0 unspecified atom stereocenters. The first-order valence-electron chi connectivity index (χ1n) is 7.52. The van der Waals surface area contributed by atoms with Crippen LogP contribution in [0.2, 0.25) is 0 Å².